The van der Waals surface area contributed by atoms with Gasteiger partial charge in [0.2, 0.25) is 0 Å². The number of rotatable bonds is 5. The maximum atomic E-state index is 13.2. The number of hydrogen-bond donors (Lipinski definition) is 1. The number of alkyl halides is 3. The van der Waals surface area contributed by atoms with Crippen LogP contribution in [0, 0.1) is 11.2 Å². The van der Waals surface area contributed by atoms with Crippen LogP contribution >= 0.6 is 0 Å². The maximum Gasteiger partial charge on any atom is 0.419 e. The molecule has 0 aliphatic heterocycles. The average Bonchev–Trinajstić information content (AvgIpc) is 2.33. The van der Waals surface area contributed by atoms with Crippen LogP contribution in [0.15, 0.2) is 18.2 Å². The van der Waals surface area contributed by atoms with Crippen molar-refractivity contribution >= 4 is 0 Å². The van der Waals surface area contributed by atoms with Crippen LogP contribution in [0.5, 0.6) is 0 Å². The molecule has 1 fully saturated rings. The zero-order chi connectivity index (χ0) is 14.8. The normalized spacial score (nSPS) is 17.9. The molecule has 1 aliphatic rings. The first kappa shape index (κ1) is 15.3. The molecule has 0 amide bonds. The van der Waals surface area contributed by atoms with Crippen molar-refractivity contribution < 1.29 is 17.6 Å². The Bertz CT molecular complexity index is 458. The summed E-state index contributed by atoms with van der Waals surface area (Å²) in [4.78, 5) is 0. The average molecular weight is 289 g/mol. The lowest BCUT2D eigenvalue weighted by Gasteiger charge is -2.41. The van der Waals surface area contributed by atoms with E-state index in [0.29, 0.717) is 17.5 Å². The molecule has 2 rings (SSSR count). The van der Waals surface area contributed by atoms with E-state index in [-0.39, 0.29) is 0 Å². The van der Waals surface area contributed by atoms with E-state index in [2.05, 4.69) is 12.2 Å². The lowest BCUT2D eigenvalue weighted by Crippen LogP contribution is -2.39. The minimum absolute atomic E-state index is 0.312. The summed E-state index contributed by atoms with van der Waals surface area (Å²) in [5, 5.41) is 3.20. The van der Waals surface area contributed by atoms with Gasteiger partial charge in [-0.3, -0.25) is 0 Å². The van der Waals surface area contributed by atoms with Crippen LogP contribution in [-0.4, -0.2) is 6.54 Å². The third-order valence-corrected chi connectivity index (χ3v) is 4.33. The van der Waals surface area contributed by atoms with Gasteiger partial charge in [0.05, 0.1) is 5.56 Å². The van der Waals surface area contributed by atoms with E-state index in [0.717, 1.165) is 25.1 Å². The van der Waals surface area contributed by atoms with Crippen molar-refractivity contribution in [2.45, 2.75) is 45.3 Å². The Hall–Kier alpha value is -1.10. The highest BCUT2D eigenvalue weighted by Crippen LogP contribution is 2.43. The molecule has 0 atom stereocenters. The largest absolute Gasteiger partial charge is 0.419 e. The van der Waals surface area contributed by atoms with E-state index in [1.807, 2.05) is 0 Å². The van der Waals surface area contributed by atoms with Crippen molar-refractivity contribution in [1.82, 2.24) is 5.32 Å². The summed E-state index contributed by atoms with van der Waals surface area (Å²) in [6, 6.07) is 3.18. The molecule has 0 radical (unpaired) electrons. The van der Waals surface area contributed by atoms with Crippen molar-refractivity contribution in [3.63, 3.8) is 0 Å². The van der Waals surface area contributed by atoms with Crippen LogP contribution in [0.25, 0.3) is 0 Å². The van der Waals surface area contributed by atoms with E-state index in [1.54, 1.807) is 0 Å². The van der Waals surface area contributed by atoms with Gasteiger partial charge in [0.1, 0.15) is 5.82 Å². The molecule has 1 nitrogen and oxygen atoms in total. The van der Waals surface area contributed by atoms with E-state index in [4.69, 9.17) is 0 Å². The molecular weight excluding hydrogens is 270 g/mol. The SMILES string of the molecule is CCC1(CNCc2ccc(F)c(C(F)(F)F)c2)CCC1. The molecule has 5 heteroatoms. The minimum atomic E-state index is -4.64. The third kappa shape index (κ3) is 3.32. The summed E-state index contributed by atoms with van der Waals surface area (Å²) in [5.41, 5.74) is -0.415. The Balaban J connectivity index is 1.96. The molecule has 0 aromatic heterocycles. The van der Waals surface area contributed by atoms with E-state index in [9.17, 15) is 17.6 Å². The van der Waals surface area contributed by atoms with Crippen molar-refractivity contribution in [1.29, 1.82) is 0 Å². The highest BCUT2D eigenvalue weighted by atomic mass is 19.4. The topological polar surface area (TPSA) is 12.0 Å². The summed E-state index contributed by atoms with van der Waals surface area (Å²) in [5.74, 6) is -1.22. The molecule has 0 unspecified atom stereocenters. The van der Waals surface area contributed by atoms with Gasteiger partial charge in [-0.1, -0.05) is 19.4 Å². The molecule has 0 saturated heterocycles. The molecule has 1 N–H and O–H groups in total. The summed E-state index contributed by atoms with van der Waals surface area (Å²) in [6.45, 7) is 3.29. The van der Waals surface area contributed by atoms with Crippen molar-refractivity contribution in [2.24, 2.45) is 5.41 Å². The Morgan fingerprint density at radius 3 is 2.45 bits per heavy atom. The highest BCUT2D eigenvalue weighted by molar-refractivity contribution is 5.27. The number of halogens is 4. The lowest BCUT2D eigenvalue weighted by atomic mass is 9.67. The molecular formula is C15H19F4N. The summed E-state index contributed by atoms with van der Waals surface area (Å²) >= 11 is 0. The second-order valence-electron chi connectivity index (χ2n) is 5.62. The molecule has 0 bridgehead atoms. The molecule has 1 aliphatic carbocycles. The summed E-state index contributed by atoms with van der Waals surface area (Å²) in [6.07, 6.45) is 0.0155. The van der Waals surface area contributed by atoms with E-state index in [1.165, 1.54) is 25.3 Å². The van der Waals surface area contributed by atoms with Crippen molar-refractivity contribution in [2.75, 3.05) is 6.54 Å². The third-order valence-electron chi connectivity index (χ3n) is 4.33. The van der Waals surface area contributed by atoms with Gasteiger partial charge in [-0.2, -0.15) is 13.2 Å². The first-order valence-electron chi connectivity index (χ1n) is 6.93. The predicted molar refractivity (Wildman–Crippen MR) is 69.7 cm³/mol. The number of benzene rings is 1. The second-order valence-corrected chi connectivity index (χ2v) is 5.62. The molecule has 1 saturated carbocycles. The molecule has 1 aromatic rings. The first-order chi connectivity index (χ1) is 9.36. The van der Waals surface area contributed by atoms with Gasteiger partial charge >= 0.3 is 6.18 Å². The molecule has 112 valence electrons. The van der Waals surface area contributed by atoms with Crippen molar-refractivity contribution in [3.05, 3.63) is 35.1 Å². The summed E-state index contributed by atoms with van der Waals surface area (Å²) in [7, 11) is 0. The Kier molecular flexibility index (Phi) is 4.37. The fraction of sp³-hybridized carbons (Fsp3) is 0.600. The van der Waals surface area contributed by atoms with Crippen LogP contribution < -0.4 is 5.32 Å². The van der Waals surface area contributed by atoms with E-state index < -0.39 is 17.6 Å². The van der Waals surface area contributed by atoms with E-state index >= 15 is 0 Å². The fourth-order valence-corrected chi connectivity index (χ4v) is 2.70. The lowest BCUT2D eigenvalue weighted by molar-refractivity contribution is -0.140. The standard InChI is InChI=1S/C15H19F4N/c1-2-14(6-3-7-14)10-20-9-11-4-5-13(16)12(8-11)15(17,18)19/h4-5,8,20H,2-3,6-7,9-10H2,1H3. The van der Waals surface area contributed by atoms with Crippen molar-refractivity contribution in [3.8, 4) is 0 Å². The predicted octanol–water partition coefficient (Wildman–Crippen LogP) is 4.51. The first-order valence-corrected chi connectivity index (χ1v) is 6.93. The van der Waals surface area contributed by atoms with Crippen LogP contribution in [0.3, 0.4) is 0 Å². The van der Waals surface area contributed by atoms with Gasteiger partial charge in [-0.15, -0.1) is 0 Å². The zero-order valence-electron chi connectivity index (χ0n) is 11.5. The Morgan fingerprint density at radius 2 is 1.95 bits per heavy atom. The van der Waals surface area contributed by atoms with Gasteiger partial charge in [0.15, 0.2) is 0 Å². The maximum absolute atomic E-state index is 13.2. The highest BCUT2D eigenvalue weighted by Gasteiger charge is 2.35. The molecule has 0 spiro atoms. The van der Waals surface area contributed by atoms with Gasteiger partial charge in [0, 0.05) is 13.1 Å². The number of hydrogen-bond acceptors (Lipinski definition) is 1. The van der Waals surface area contributed by atoms with Crippen LogP contribution in [-0.2, 0) is 12.7 Å². The van der Waals surface area contributed by atoms with Gasteiger partial charge in [0.25, 0.3) is 0 Å². The Morgan fingerprint density at radius 1 is 1.25 bits per heavy atom. The molecule has 0 heterocycles. The Labute approximate surface area is 116 Å². The van der Waals surface area contributed by atoms with Gasteiger partial charge in [-0.25, -0.2) is 4.39 Å². The fourth-order valence-electron chi connectivity index (χ4n) is 2.70. The van der Waals surface area contributed by atoms with Gasteiger partial charge in [-0.05, 0) is 42.4 Å². The quantitative estimate of drug-likeness (QED) is 0.786. The zero-order valence-corrected chi connectivity index (χ0v) is 11.5. The van der Waals surface area contributed by atoms with Crippen LogP contribution in [0.4, 0.5) is 17.6 Å². The molecule has 1 aromatic carbocycles. The van der Waals surface area contributed by atoms with Crippen LogP contribution in [0.2, 0.25) is 0 Å². The monoisotopic (exact) mass is 289 g/mol. The van der Waals surface area contributed by atoms with Gasteiger partial charge < -0.3 is 5.32 Å². The minimum Gasteiger partial charge on any atom is -0.312 e. The second kappa shape index (κ2) is 5.72. The molecule has 20 heavy (non-hydrogen) atoms. The summed E-state index contributed by atoms with van der Waals surface area (Å²) < 4.78 is 50.9. The van der Waals surface area contributed by atoms with Crippen LogP contribution in [0.1, 0.15) is 43.7 Å². The smallest absolute Gasteiger partial charge is 0.312 e. The number of nitrogens with one attached hydrogen (secondary N) is 1.